The molecule has 0 aliphatic carbocycles. The van der Waals surface area contributed by atoms with E-state index in [0.717, 1.165) is 5.56 Å². The minimum absolute atomic E-state index is 0.0695. The Hall–Kier alpha value is -0.880. The molecular formula is C11H17NO3S2. The molecule has 0 heterocycles. The van der Waals surface area contributed by atoms with Crippen LogP contribution in [0.3, 0.4) is 0 Å². The van der Waals surface area contributed by atoms with E-state index < -0.39 is 20.6 Å². The van der Waals surface area contributed by atoms with Crippen LogP contribution in [-0.4, -0.2) is 30.4 Å². The fourth-order valence-electron chi connectivity index (χ4n) is 1.42. The first-order valence-corrected chi connectivity index (χ1v) is 8.60. The third-order valence-electron chi connectivity index (χ3n) is 2.30. The molecule has 96 valence electrons. The molecule has 1 atom stereocenters. The molecule has 0 spiro atoms. The molecule has 17 heavy (non-hydrogen) atoms. The molecule has 0 saturated heterocycles. The molecule has 1 rings (SSSR count). The highest BCUT2D eigenvalue weighted by Crippen LogP contribution is 2.17. The van der Waals surface area contributed by atoms with Gasteiger partial charge in [0.05, 0.1) is 16.6 Å². The van der Waals surface area contributed by atoms with Crippen LogP contribution in [-0.2, 0) is 20.6 Å². The monoisotopic (exact) mass is 275 g/mol. The first-order chi connectivity index (χ1) is 7.79. The van der Waals surface area contributed by atoms with Gasteiger partial charge in [0.2, 0.25) is 0 Å². The third kappa shape index (κ3) is 4.87. The third-order valence-corrected chi connectivity index (χ3v) is 4.92. The second-order valence-corrected chi connectivity index (χ2v) is 7.86. The van der Waals surface area contributed by atoms with Crippen LogP contribution >= 0.6 is 0 Å². The number of sulfone groups is 1. The second kappa shape index (κ2) is 5.64. The molecule has 0 aliphatic rings. The quantitative estimate of drug-likeness (QED) is 0.817. The van der Waals surface area contributed by atoms with Crippen molar-refractivity contribution in [3.63, 3.8) is 0 Å². The van der Waals surface area contributed by atoms with Gasteiger partial charge in [0.1, 0.15) is 9.84 Å². The van der Waals surface area contributed by atoms with Crippen molar-refractivity contribution in [3.05, 3.63) is 23.8 Å². The van der Waals surface area contributed by atoms with E-state index in [0.29, 0.717) is 22.8 Å². The van der Waals surface area contributed by atoms with Gasteiger partial charge in [-0.1, -0.05) is 6.07 Å². The maximum absolute atomic E-state index is 12.0. The standard InChI is InChI=1S/C11H17NO3S2/c1-9-4-5-10(12)8-11(9)16(13)6-3-7-17(2,14)15/h4-5,8H,3,6-7,12H2,1-2H3. The number of benzene rings is 1. The number of anilines is 1. The number of hydrogen-bond donors (Lipinski definition) is 1. The maximum Gasteiger partial charge on any atom is 0.147 e. The molecule has 0 amide bonds. The molecule has 2 N–H and O–H groups in total. The van der Waals surface area contributed by atoms with Crippen molar-refractivity contribution < 1.29 is 12.6 Å². The summed E-state index contributed by atoms with van der Waals surface area (Å²) in [4.78, 5) is 0.693. The summed E-state index contributed by atoms with van der Waals surface area (Å²) in [5.74, 6) is 0.414. The zero-order valence-corrected chi connectivity index (χ0v) is 11.6. The topological polar surface area (TPSA) is 77.2 Å². The Balaban J connectivity index is 2.67. The van der Waals surface area contributed by atoms with E-state index in [2.05, 4.69) is 0 Å². The van der Waals surface area contributed by atoms with Crippen molar-refractivity contribution in [1.29, 1.82) is 0 Å². The van der Waals surface area contributed by atoms with Gasteiger partial charge in [-0.15, -0.1) is 0 Å². The minimum Gasteiger partial charge on any atom is -0.399 e. The summed E-state index contributed by atoms with van der Waals surface area (Å²) in [6, 6.07) is 5.26. The average molecular weight is 275 g/mol. The molecule has 0 radical (unpaired) electrons. The predicted molar refractivity (Wildman–Crippen MR) is 71.2 cm³/mol. The van der Waals surface area contributed by atoms with E-state index in [9.17, 15) is 12.6 Å². The van der Waals surface area contributed by atoms with Gasteiger partial charge in [-0.2, -0.15) is 0 Å². The van der Waals surface area contributed by atoms with Crippen molar-refractivity contribution in [2.24, 2.45) is 0 Å². The van der Waals surface area contributed by atoms with Gasteiger partial charge < -0.3 is 5.73 Å². The molecule has 1 aromatic rings. The molecule has 0 bridgehead atoms. The van der Waals surface area contributed by atoms with Gasteiger partial charge in [-0.3, -0.25) is 4.21 Å². The van der Waals surface area contributed by atoms with Crippen molar-refractivity contribution in [2.75, 3.05) is 23.5 Å². The van der Waals surface area contributed by atoms with Crippen LogP contribution < -0.4 is 5.73 Å². The summed E-state index contributed by atoms with van der Waals surface area (Å²) in [5.41, 5.74) is 7.12. The zero-order valence-electron chi connectivity index (χ0n) is 9.97. The van der Waals surface area contributed by atoms with Gasteiger partial charge in [-0.25, -0.2) is 8.42 Å². The van der Waals surface area contributed by atoms with E-state index >= 15 is 0 Å². The lowest BCUT2D eigenvalue weighted by molar-refractivity contribution is 0.600. The smallest absolute Gasteiger partial charge is 0.147 e. The molecule has 6 heteroatoms. The minimum atomic E-state index is -2.98. The molecule has 0 aliphatic heterocycles. The highest BCUT2D eigenvalue weighted by Gasteiger charge is 2.09. The highest BCUT2D eigenvalue weighted by atomic mass is 32.2. The van der Waals surface area contributed by atoms with Gasteiger partial charge in [0, 0.05) is 22.6 Å². The molecule has 0 fully saturated rings. The largest absolute Gasteiger partial charge is 0.399 e. The molecule has 0 aromatic heterocycles. The van der Waals surface area contributed by atoms with Crippen LogP contribution in [0.4, 0.5) is 5.69 Å². The lowest BCUT2D eigenvalue weighted by Gasteiger charge is -2.06. The normalized spacial score (nSPS) is 13.5. The Morgan fingerprint density at radius 1 is 1.35 bits per heavy atom. The number of aryl methyl sites for hydroxylation is 1. The summed E-state index contributed by atoms with van der Waals surface area (Å²) in [6.07, 6.45) is 1.58. The number of nitrogen functional groups attached to an aromatic ring is 1. The van der Waals surface area contributed by atoms with Gasteiger partial charge in [0.25, 0.3) is 0 Å². The van der Waals surface area contributed by atoms with Crippen molar-refractivity contribution in [3.8, 4) is 0 Å². The number of hydrogen-bond acceptors (Lipinski definition) is 4. The Morgan fingerprint density at radius 3 is 2.59 bits per heavy atom. The van der Waals surface area contributed by atoms with Gasteiger partial charge >= 0.3 is 0 Å². The van der Waals surface area contributed by atoms with E-state index in [1.807, 2.05) is 13.0 Å². The Labute approximate surface area is 105 Å². The summed E-state index contributed by atoms with van der Waals surface area (Å²) in [5, 5.41) is 0. The van der Waals surface area contributed by atoms with Crippen LogP contribution in [0.25, 0.3) is 0 Å². The Bertz CT molecular complexity index is 524. The Kier molecular flexibility index (Phi) is 4.70. The van der Waals surface area contributed by atoms with Gasteiger partial charge in [-0.05, 0) is 31.0 Å². The average Bonchev–Trinajstić information content (AvgIpc) is 2.19. The van der Waals surface area contributed by atoms with Crippen LogP contribution in [0.15, 0.2) is 23.1 Å². The summed E-state index contributed by atoms with van der Waals surface area (Å²) < 4.78 is 33.9. The van der Waals surface area contributed by atoms with Crippen molar-refractivity contribution in [2.45, 2.75) is 18.2 Å². The summed E-state index contributed by atoms with van der Waals surface area (Å²) >= 11 is 0. The Morgan fingerprint density at radius 2 is 2.00 bits per heavy atom. The van der Waals surface area contributed by atoms with E-state index in [1.165, 1.54) is 6.26 Å². The number of rotatable bonds is 5. The fourth-order valence-corrected chi connectivity index (χ4v) is 3.60. The summed E-state index contributed by atoms with van der Waals surface area (Å²) in [7, 11) is -4.16. The molecule has 1 unspecified atom stereocenters. The molecule has 0 saturated carbocycles. The van der Waals surface area contributed by atoms with E-state index in [1.54, 1.807) is 12.1 Å². The molecular weight excluding hydrogens is 258 g/mol. The fraction of sp³-hybridized carbons (Fsp3) is 0.455. The molecule has 4 nitrogen and oxygen atoms in total. The number of nitrogens with two attached hydrogens (primary N) is 1. The van der Waals surface area contributed by atoms with Crippen molar-refractivity contribution >= 4 is 26.3 Å². The van der Waals surface area contributed by atoms with Crippen molar-refractivity contribution in [1.82, 2.24) is 0 Å². The first-order valence-electron chi connectivity index (χ1n) is 5.22. The zero-order chi connectivity index (χ0) is 13.1. The van der Waals surface area contributed by atoms with E-state index in [4.69, 9.17) is 5.73 Å². The van der Waals surface area contributed by atoms with Crippen LogP contribution in [0.1, 0.15) is 12.0 Å². The second-order valence-electron chi connectivity index (χ2n) is 4.06. The predicted octanol–water partition coefficient (Wildman–Crippen LogP) is 1.12. The van der Waals surface area contributed by atoms with Crippen LogP contribution in [0.5, 0.6) is 0 Å². The molecule has 1 aromatic carbocycles. The highest BCUT2D eigenvalue weighted by molar-refractivity contribution is 7.90. The van der Waals surface area contributed by atoms with Gasteiger partial charge in [0.15, 0.2) is 0 Å². The van der Waals surface area contributed by atoms with Crippen LogP contribution in [0.2, 0.25) is 0 Å². The first kappa shape index (κ1) is 14.2. The van der Waals surface area contributed by atoms with Crippen LogP contribution in [0, 0.1) is 6.92 Å². The SMILES string of the molecule is Cc1ccc(N)cc1S(=O)CCCS(C)(=O)=O. The lowest BCUT2D eigenvalue weighted by Crippen LogP contribution is -2.08. The van der Waals surface area contributed by atoms with E-state index in [-0.39, 0.29) is 5.75 Å². The lowest BCUT2D eigenvalue weighted by atomic mass is 10.2. The summed E-state index contributed by atoms with van der Waals surface area (Å²) in [6.45, 7) is 1.86. The maximum atomic E-state index is 12.0.